The van der Waals surface area contributed by atoms with Crippen LogP contribution in [0.1, 0.15) is 25.5 Å². The monoisotopic (exact) mass is 287 g/mol. The van der Waals surface area contributed by atoms with E-state index in [1.165, 1.54) is 24.3 Å². The molecule has 0 spiro atoms. The van der Waals surface area contributed by atoms with Gasteiger partial charge in [-0.15, -0.1) is 0 Å². The summed E-state index contributed by atoms with van der Waals surface area (Å²) in [6, 6.07) is 11.8. The van der Waals surface area contributed by atoms with Gasteiger partial charge in [-0.25, -0.2) is 8.78 Å². The Morgan fingerprint density at radius 3 is 1.90 bits per heavy atom. The van der Waals surface area contributed by atoms with E-state index in [-0.39, 0.29) is 23.6 Å². The van der Waals surface area contributed by atoms with Gasteiger partial charge in [0.1, 0.15) is 11.6 Å². The fourth-order valence-corrected chi connectivity index (χ4v) is 2.88. The van der Waals surface area contributed by atoms with Gasteiger partial charge in [0.25, 0.3) is 0 Å². The minimum atomic E-state index is -0.563. The Balaban J connectivity index is 2.01. The standard InChI is InChI=1S/C17H15F2NO/c1-17(2)15(11-3-5-12(18)6-4-11)20(16(17)21)14-9-7-13(19)8-10-14/h3-10,15H,1-2H3/t15-/m0/s1. The number of carbonyl (C=O) groups is 1. The molecule has 2 nitrogen and oxygen atoms in total. The van der Waals surface area contributed by atoms with Crippen LogP contribution in [-0.4, -0.2) is 5.91 Å². The fraction of sp³-hybridized carbons (Fsp3) is 0.235. The van der Waals surface area contributed by atoms with Crippen LogP contribution in [0, 0.1) is 17.0 Å². The van der Waals surface area contributed by atoms with Gasteiger partial charge in [-0.1, -0.05) is 12.1 Å². The van der Waals surface area contributed by atoms with Crippen LogP contribution in [0.5, 0.6) is 0 Å². The average molecular weight is 287 g/mol. The number of anilines is 1. The van der Waals surface area contributed by atoms with Crippen molar-refractivity contribution in [3.05, 3.63) is 65.7 Å². The highest BCUT2D eigenvalue weighted by Crippen LogP contribution is 2.51. The fourth-order valence-electron chi connectivity index (χ4n) is 2.88. The third-order valence-corrected chi connectivity index (χ3v) is 4.00. The largest absolute Gasteiger partial charge is 0.303 e. The molecule has 2 aromatic carbocycles. The summed E-state index contributed by atoms with van der Waals surface area (Å²) in [6.07, 6.45) is 0. The van der Waals surface area contributed by atoms with E-state index in [0.29, 0.717) is 5.69 Å². The number of hydrogen-bond donors (Lipinski definition) is 0. The average Bonchev–Trinajstić information content (AvgIpc) is 2.47. The molecule has 0 aromatic heterocycles. The van der Waals surface area contributed by atoms with Crippen LogP contribution in [0.2, 0.25) is 0 Å². The predicted molar refractivity (Wildman–Crippen MR) is 76.8 cm³/mol. The van der Waals surface area contributed by atoms with Crippen LogP contribution >= 0.6 is 0 Å². The van der Waals surface area contributed by atoms with Gasteiger partial charge in [-0.05, 0) is 55.8 Å². The topological polar surface area (TPSA) is 20.3 Å². The number of hydrogen-bond acceptors (Lipinski definition) is 1. The molecule has 1 heterocycles. The minimum absolute atomic E-state index is 0.0246. The van der Waals surface area contributed by atoms with Crippen molar-refractivity contribution in [1.82, 2.24) is 0 Å². The van der Waals surface area contributed by atoms with E-state index in [0.717, 1.165) is 5.56 Å². The van der Waals surface area contributed by atoms with Gasteiger partial charge in [0.05, 0.1) is 11.5 Å². The van der Waals surface area contributed by atoms with E-state index in [1.54, 1.807) is 29.2 Å². The number of carbonyl (C=O) groups excluding carboxylic acids is 1. The summed E-state index contributed by atoms with van der Waals surface area (Å²) in [5, 5.41) is 0. The first-order valence-electron chi connectivity index (χ1n) is 6.76. The van der Waals surface area contributed by atoms with Crippen molar-refractivity contribution in [2.24, 2.45) is 5.41 Å². The van der Waals surface area contributed by atoms with E-state index in [2.05, 4.69) is 0 Å². The number of rotatable bonds is 2. The zero-order valence-electron chi connectivity index (χ0n) is 11.8. The van der Waals surface area contributed by atoms with Crippen LogP contribution in [0.3, 0.4) is 0 Å². The molecule has 21 heavy (non-hydrogen) atoms. The molecular formula is C17H15F2NO. The molecule has 1 aliphatic rings. The second-order valence-corrected chi connectivity index (χ2v) is 5.83. The van der Waals surface area contributed by atoms with Crippen molar-refractivity contribution >= 4 is 11.6 Å². The molecule has 0 radical (unpaired) electrons. The molecule has 1 amide bonds. The molecule has 0 unspecified atom stereocenters. The van der Waals surface area contributed by atoms with Gasteiger partial charge in [-0.2, -0.15) is 0 Å². The molecule has 1 fully saturated rings. The first-order chi connectivity index (χ1) is 9.91. The van der Waals surface area contributed by atoms with E-state index in [9.17, 15) is 13.6 Å². The van der Waals surface area contributed by atoms with Crippen LogP contribution in [-0.2, 0) is 4.79 Å². The van der Waals surface area contributed by atoms with Gasteiger partial charge in [0.2, 0.25) is 5.91 Å². The molecular weight excluding hydrogens is 272 g/mol. The van der Waals surface area contributed by atoms with Crippen molar-refractivity contribution in [2.45, 2.75) is 19.9 Å². The molecule has 2 aromatic rings. The first-order valence-corrected chi connectivity index (χ1v) is 6.76. The summed E-state index contributed by atoms with van der Waals surface area (Å²) in [5.41, 5.74) is 0.951. The first kappa shape index (κ1) is 13.7. The number of nitrogens with zero attached hydrogens (tertiary/aromatic N) is 1. The Morgan fingerprint density at radius 2 is 1.38 bits per heavy atom. The normalized spacial score (nSPS) is 20.3. The predicted octanol–water partition coefficient (Wildman–Crippen LogP) is 4.08. The quantitative estimate of drug-likeness (QED) is 0.762. The van der Waals surface area contributed by atoms with E-state index in [4.69, 9.17) is 0 Å². The molecule has 4 heteroatoms. The molecule has 1 aliphatic heterocycles. The number of benzene rings is 2. The van der Waals surface area contributed by atoms with Crippen molar-refractivity contribution in [1.29, 1.82) is 0 Å². The Bertz CT molecular complexity index is 677. The lowest BCUT2D eigenvalue weighted by molar-refractivity contribution is -0.137. The maximum absolute atomic E-state index is 13.1. The summed E-state index contributed by atoms with van der Waals surface area (Å²) < 4.78 is 26.1. The molecule has 108 valence electrons. The molecule has 0 aliphatic carbocycles. The SMILES string of the molecule is CC1(C)C(=O)N(c2ccc(F)cc2)[C@H]1c1ccc(F)cc1. The summed E-state index contributed by atoms with van der Waals surface area (Å²) in [7, 11) is 0. The van der Waals surface area contributed by atoms with Gasteiger partial charge < -0.3 is 4.90 Å². The molecule has 1 atom stereocenters. The second-order valence-electron chi connectivity index (χ2n) is 5.83. The van der Waals surface area contributed by atoms with Crippen LogP contribution < -0.4 is 4.90 Å². The molecule has 1 saturated heterocycles. The van der Waals surface area contributed by atoms with E-state index in [1.807, 2.05) is 13.8 Å². The third kappa shape index (κ3) is 2.11. The highest BCUT2D eigenvalue weighted by Gasteiger charge is 2.55. The highest BCUT2D eigenvalue weighted by atomic mass is 19.1. The Kier molecular flexibility index (Phi) is 3.04. The van der Waals surface area contributed by atoms with Crippen molar-refractivity contribution in [2.75, 3.05) is 4.90 Å². The molecule has 0 bridgehead atoms. The van der Waals surface area contributed by atoms with Crippen molar-refractivity contribution in [3.8, 4) is 0 Å². The second kappa shape index (κ2) is 4.65. The number of halogens is 2. The number of amides is 1. The van der Waals surface area contributed by atoms with Crippen molar-refractivity contribution < 1.29 is 13.6 Å². The lowest BCUT2D eigenvalue weighted by atomic mass is 9.70. The van der Waals surface area contributed by atoms with Gasteiger partial charge in [0, 0.05) is 5.69 Å². The zero-order chi connectivity index (χ0) is 15.2. The van der Waals surface area contributed by atoms with Gasteiger partial charge in [0.15, 0.2) is 0 Å². The highest BCUT2D eigenvalue weighted by molar-refractivity contribution is 6.05. The Hall–Kier alpha value is -2.23. The lowest BCUT2D eigenvalue weighted by Crippen LogP contribution is -2.61. The summed E-state index contributed by atoms with van der Waals surface area (Å²) in [4.78, 5) is 14.0. The van der Waals surface area contributed by atoms with Crippen LogP contribution in [0.25, 0.3) is 0 Å². The summed E-state index contributed by atoms with van der Waals surface area (Å²) in [6.45, 7) is 3.73. The van der Waals surface area contributed by atoms with Crippen LogP contribution in [0.4, 0.5) is 14.5 Å². The maximum Gasteiger partial charge on any atom is 0.235 e. The lowest BCUT2D eigenvalue weighted by Gasteiger charge is -2.53. The van der Waals surface area contributed by atoms with E-state index < -0.39 is 5.41 Å². The Morgan fingerprint density at radius 1 is 0.905 bits per heavy atom. The minimum Gasteiger partial charge on any atom is -0.303 e. The summed E-state index contributed by atoms with van der Waals surface area (Å²) >= 11 is 0. The smallest absolute Gasteiger partial charge is 0.235 e. The summed E-state index contributed by atoms with van der Waals surface area (Å²) in [5.74, 6) is -0.678. The number of β-lactam (4-membered cyclic amide) rings is 1. The van der Waals surface area contributed by atoms with Crippen LogP contribution in [0.15, 0.2) is 48.5 Å². The third-order valence-electron chi connectivity index (χ3n) is 4.00. The molecule has 0 N–H and O–H groups in total. The van der Waals surface area contributed by atoms with Gasteiger partial charge >= 0.3 is 0 Å². The maximum atomic E-state index is 13.1. The van der Waals surface area contributed by atoms with E-state index >= 15 is 0 Å². The Labute approximate surface area is 122 Å². The van der Waals surface area contributed by atoms with Crippen molar-refractivity contribution in [3.63, 3.8) is 0 Å². The molecule has 3 rings (SSSR count). The zero-order valence-corrected chi connectivity index (χ0v) is 11.8. The molecule has 0 saturated carbocycles. The van der Waals surface area contributed by atoms with Gasteiger partial charge in [-0.3, -0.25) is 4.79 Å².